The van der Waals surface area contributed by atoms with Crippen molar-refractivity contribution in [3.8, 4) is 0 Å². The normalized spacial score (nSPS) is 11.3. The standard InChI is InChI=1S/C30H42N2O3/c1-7-28-27(21-26(32(28)6)13-10-14-29(33)35-8-2)30(34)24-15-17-25(18-16-24)31-20-19-23(5)12-9-11-22(3)4/h11,15-19,21,31H,7-10,12-14,20H2,1-6H3/b23-19+. The first kappa shape index (κ1) is 28.2. The summed E-state index contributed by atoms with van der Waals surface area (Å²) in [6.45, 7) is 11.5. The summed E-state index contributed by atoms with van der Waals surface area (Å²) < 4.78 is 7.11. The second-order valence-corrected chi connectivity index (χ2v) is 9.23. The predicted octanol–water partition coefficient (Wildman–Crippen LogP) is 6.81. The number of nitrogens with one attached hydrogen (secondary N) is 1. The number of esters is 1. The Morgan fingerprint density at radius 3 is 2.37 bits per heavy atom. The molecule has 0 fully saturated rings. The van der Waals surface area contributed by atoms with Crippen LogP contribution in [-0.2, 0) is 29.4 Å². The molecular weight excluding hydrogens is 436 g/mol. The number of aryl methyl sites for hydroxylation is 1. The van der Waals surface area contributed by atoms with Crippen molar-refractivity contribution in [2.45, 2.75) is 73.1 Å². The summed E-state index contributed by atoms with van der Waals surface area (Å²) in [5.74, 6) is -0.132. The molecule has 1 heterocycles. The smallest absolute Gasteiger partial charge is 0.305 e. The van der Waals surface area contributed by atoms with Gasteiger partial charge in [0, 0.05) is 48.2 Å². The van der Waals surface area contributed by atoms with Gasteiger partial charge in [-0.3, -0.25) is 9.59 Å². The predicted molar refractivity (Wildman–Crippen MR) is 145 cm³/mol. The van der Waals surface area contributed by atoms with Crippen LogP contribution >= 0.6 is 0 Å². The van der Waals surface area contributed by atoms with Crippen molar-refractivity contribution < 1.29 is 14.3 Å². The molecule has 0 radical (unpaired) electrons. The van der Waals surface area contributed by atoms with E-state index in [0.717, 1.165) is 54.9 Å². The molecular formula is C30H42N2O3. The third-order valence-electron chi connectivity index (χ3n) is 6.15. The molecule has 0 aliphatic carbocycles. The summed E-state index contributed by atoms with van der Waals surface area (Å²) in [5, 5.41) is 3.41. The second-order valence-electron chi connectivity index (χ2n) is 9.23. The van der Waals surface area contributed by atoms with E-state index in [0.29, 0.717) is 25.0 Å². The van der Waals surface area contributed by atoms with E-state index < -0.39 is 0 Å². The van der Waals surface area contributed by atoms with Gasteiger partial charge in [-0.15, -0.1) is 0 Å². The number of ether oxygens (including phenoxy) is 1. The molecule has 2 rings (SSSR count). The van der Waals surface area contributed by atoms with E-state index in [2.05, 4.69) is 49.7 Å². The zero-order valence-electron chi connectivity index (χ0n) is 22.4. The summed E-state index contributed by atoms with van der Waals surface area (Å²) in [5.41, 5.74) is 7.25. The van der Waals surface area contributed by atoms with Crippen LogP contribution in [0.3, 0.4) is 0 Å². The Hall–Kier alpha value is -3.08. The van der Waals surface area contributed by atoms with Gasteiger partial charge in [-0.1, -0.05) is 30.2 Å². The van der Waals surface area contributed by atoms with Crippen molar-refractivity contribution in [1.29, 1.82) is 0 Å². The van der Waals surface area contributed by atoms with Gasteiger partial charge in [0.15, 0.2) is 5.78 Å². The summed E-state index contributed by atoms with van der Waals surface area (Å²) >= 11 is 0. The van der Waals surface area contributed by atoms with E-state index in [1.165, 1.54) is 11.1 Å². The van der Waals surface area contributed by atoms with Crippen LogP contribution in [0.15, 0.2) is 53.6 Å². The van der Waals surface area contributed by atoms with Gasteiger partial charge in [0.2, 0.25) is 0 Å². The minimum absolute atomic E-state index is 0.0376. The molecule has 0 atom stereocenters. The number of benzene rings is 1. The van der Waals surface area contributed by atoms with Crippen molar-refractivity contribution in [1.82, 2.24) is 4.57 Å². The maximum absolute atomic E-state index is 13.3. The molecule has 0 amide bonds. The molecule has 5 heteroatoms. The summed E-state index contributed by atoms with van der Waals surface area (Å²) in [7, 11) is 2.00. The van der Waals surface area contributed by atoms with E-state index in [1.54, 1.807) is 0 Å². The molecule has 0 spiro atoms. The highest BCUT2D eigenvalue weighted by Gasteiger charge is 2.19. The lowest BCUT2D eigenvalue weighted by molar-refractivity contribution is -0.143. The maximum atomic E-state index is 13.3. The zero-order valence-corrected chi connectivity index (χ0v) is 22.4. The summed E-state index contributed by atoms with van der Waals surface area (Å²) in [4.78, 5) is 24.9. The topological polar surface area (TPSA) is 60.3 Å². The van der Waals surface area contributed by atoms with Gasteiger partial charge < -0.3 is 14.6 Å². The van der Waals surface area contributed by atoms with Crippen LogP contribution in [0.1, 0.15) is 87.6 Å². The van der Waals surface area contributed by atoms with Crippen molar-refractivity contribution in [3.05, 3.63) is 76.1 Å². The molecule has 0 saturated heterocycles. The van der Waals surface area contributed by atoms with Gasteiger partial charge in [-0.25, -0.2) is 0 Å². The average Bonchev–Trinajstić information content (AvgIpc) is 3.14. The lowest BCUT2D eigenvalue weighted by Crippen LogP contribution is -2.07. The van der Waals surface area contributed by atoms with Crippen LogP contribution in [0.4, 0.5) is 5.69 Å². The molecule has 0 aliphatic heterocycles. The third-order valence-corrected chi connectivity index (χ3v) is 6.15. The zero-order chi connectivity index (χ0) is 25.8. The second kappa shape index (κ2) is 14.3. The minimum Gasteiger partial charge on any atom is -0.466 e. The highest BCUT2D eigenvalue weighted by Crippen LogP contribution is 2.22. The van der Waals surface area contributed by atoms with Crippen molar-refractivity contribution in [3.63, 3.8) is 0 Å². The molecule has 0 unspecified atom stereocenters. The first-order chi connectivity index (χ1) is 16.8. The molecule has 1 aromatic heterocycles. The summed E-state index contributed by atoms with van der Waals surface area (Å²) in [6.07, 6.45) is 9.24. The van der Waals surface area contributed by atoms with Crippen LogP contribution in [0.2, 0.25) is 0 Å². The Kier molecular flexibility index (Phi) is 11.5. The van der Waals surface area contributed by atoms with Crippen LogP contribution in [-0.4, -0.2) is 29.5 Å². The summed E-state index contributed by atoms with van der Waals surface area (Å²) in [6, 6.07) is 9.70. The van der Waals surface area contributed by atoms with Gasteiger partial charge in [0.1, 0.15) is 0 Å². The largest absolute Gasteiger partial charge is 0.466 e. The number of hydrogen-bond acceptors (Lipinski definition) is 4. The molecule has 0 aliphatic rings. The molecule has 190 valence electrons. The van der Waals surface area contributed by atoms with Crippen molar-refractivity contribution in [2.24, 2.45) is 7.05 Å². The Morgan fingerprint density at radius 2 is 1.74 bits per heavy atom. The first-order valence-electron chi connectivity index (χ1n) is 12.8. The Morgan fingerprint density at radius 1 is 1.03 bits per heavy atom. The molecule has 0 bridgehead atoms. The van der Waals surface area contributed by atoms with Crippen LogP contribution in [0, 0.1) is 0 Å². The monoisotopic (exact) mass is 478 g/mol. The number of carbonyl (C=O) groups is 2. The highest BCUT2D eigenvalue weighted by molar-refractivity contribution is 6.10. The quantitative estimate of drug-likeness (QED) is 0.184. The van der Waals surface area contributed by atoms with E-state index in [4.69, 9.17) is 4.74 Å². The average molecular weight is 479 g/mol. The molecule has 5 nitrogen and oxygen atoms in total. The number of rotatable bonds is 14. The van der Waals surface area contributed by atoms with Crippen LogP contribution in [0.5, 0.6) is 0 Å². The fourth-order valence-corrected chi connectivity index (χ4v) is 4.14. The van der Waals surface area contributed by atoms with E-state index in [9.17, 15) is 9.59 Å². The number of carbonyl (C=O) groups excluding carboxylic acids is 2. The first-order valence-corrected chi connectivity index (χ1v) is 12.8. The van der Waals surface area contributed by atoms with E-state index in [-0.39, 0.29) is 11.8 Å². The SMILES string of the molecule is CCOC(=O)CCCc1cc(C(=O)c2ccc(NC/C=C(\C)CCC=C(C)C)cc2)c(CC)n1C. The number of nitrogens with zero attached hydrogens (tertiary/aromatic N) is 1. The van der Waals surface area contributed by atoms with E-state index >= 15 is 0 Å². The molecule has 35 heavy (non-hydrogen) atoms. The fraction of sp³-hybridized carbons (Fsp3) is 0.467. The van der Waals surface area contributed by atoms with Gasteiger partial charge in [-0.05, 0) is 90.1 Å². The van der Waals surface area contributed by atoms with Gasteiger partial charge >= 0.3 is 5.97 Å². The van der Waals surface area contributed by atoms with Crippen LogP contribution < -0.4 is 5.32 Å². The minimum atomic E-state index is -0.170. The number of anilines is 1. The molecule has 1 N–H and O–H groups in total. The maximum Gasteiger partial charge on any atom is 0.305 e. The number of allylic oxidation sites excluding steroid dienone is 3. The number of ketones is 1. The molecule has 0 saturated carbocycles. The number of hydrogen-bond donors (Lipinski definition) is 1. The van der Waals surface area contributed by atoms with Crippen molar-refractivity contribution in [2.75, 3.05) is 18.5 Å². The third kappa shape index (κ3) is 8.89. The Bertz CT molecular complexity index is 1040. The molecule has 1 aromatic carbocycles. The lowest BCUT2D eigenvalue weighted by atomic mass is 10.0. The lowest BCUT2D eigenvalue weighted by Gasteiger charge is -2.08. The van der Waals surface area contributed by atoms with Gasteiger partial charge in [-0.2, -0.15) is 0 Å². The van der Waals surface area contributed by atoms with Gasteiger partial charge in [0.05, 0.1) is 6.61 Å². The van der Waals surface area contributed by atoms with Crippen LogP contribution in [0.25, 0.3) is 0 Å². The molecule has 2 aromatic rings. The Labute approximate surface area is 211 Å². The van der Waals surface area contributed by atoms with Gasteiger partial charge in [0.25, 0.3) is 0 Å². The van der Waals surface area contributed by atoms with E-state index in [1.807, 2.05) is 44.3 Å². The fourth-order valence-electron chi connectivity index (χ4n) is 4.14. The number of aromatic nitrogens is 1. The highest BCUT2D eigenvalue weighted by atomic mass is 16.5. The Balaban J connectivity index is 2.00. The van der Waals surface area contributed by atoms with Crippen molar-refractivity contribution >= 4 is 17.4 Å².